The molecule has 1 saturated heterocycles. The summed E-state index contributed by atoms with van der Waals surface area (Å²) in [5.41, 5.74) is -0.750. The third-order valence-electron chi connectivity index (χ3n) is 3.38. The van der Waals surface area contributed by atoms with Crippen molar-refractivity contribution in [1.82, 2.24) is 4.98 Å². The lowest BCUT2D eigenvalue weighted by Gasteiger charge is -2.25. The van der Waals surface area contributed by atoms with Gasteiger partial charge in [0.2, 0.25) is 0 Å². The molecule has 10 heteroatoms. The molecule has 9 nitrogen and oxygen atoms in total. The Morgan fingerprint density at radius 1 is 1.57 bits per heavy atom. The van der Waals surface area contributed by atoms with Crippen LogP contribution in [0.3, 0.4) is 0 Å². The Labute approximate surface area is 120 Å². The number of aromatic carboxylic acids is 1. The van der Waals surface area contributed by atoms with Gasteiger partial charge in [-0.3, -0.25) is 10.1 Å². The Kier molecular flexibility index (Phi) is 3.81. The van der Waals surface area contributed by atoms with Gasteiger partial charge in [-0.05, 0) is 6.42 Å². The number of hydrogen-bond donors (Lipinski definition) is 1. The van der Waals surface area contributed by atoms with Gasteiger partial charge in [0.15, 0.2) is 9.84 Å². The second-order valence-electron chi connectivity index (χ2n) is 4.79. The van der Waals surface area contributed by atoms with Crippen LogP contribution in [0.15, 0.2) is 12.3 Å². The summed E-state index contributed by atoms with van der Waals surface area (Å²) in [6.45, 7) is 0. The molecule has 0 radical (unpaired) electrons. The van der Waals surface area contributed by atoms with Crippen LogP contribution in [0.1, 0.15) is 16.8 Å². The number of anilines is 1. The van der Waals surface area contributed by atoms with E-state index >= 15 is 0 Å². The van der Waals surface area contributed by atoms with Gasteiger partial charge >= 0.3 is 5.97 Å². The Morgan fingerprint density at radius 2 is 2.24 bits per heavy atom. The summed E-state index contributed by atoms with van der Waals surface area (Å²) in [4.78, 5) is 26.5. The smallest absolute Gasteiger partial charge is 0.339 e. The lowest BCUT2D eigenvalue weighted by molar-refractivity contribution is -0.385. The Hall–Kier alpha value is -2.23. The fourth-order valence-electron chi connectivity index (χ4n) is 2.24. The van der Waals surface area contributed by atoms with Crippen LogP contribution in [-0.4, -0.2) is 54.0 Å². The maximum Gasteiger partial charge on any atom is 0.339 e. The Bertz CT molecular complexity index is 702. The number of carbonyl (C=O) groups is 1. The number of aromatic nitrogens is 1. The molecule has 1 aromatic heterocycles. The highest BCUT2D eigenvalue weighted by Gasteiger charge is 2.33. The first-order chi connectivity index (χ1) is 9.71. The minimum atomic E-state index is -3.13. The van der Waals surface area contributed by atoms with Gasteiger partial charge < -0.3 is 10.0 Å². The zero-order chi connectivity index (χ0) is 15.8. The van der Waals surface area contributed by atoms with Crippen LogP contribution in [0.4, 0.5) is 11.5 Å². The molecule has 0 spiro atoms. The number of carboxylic acids is 1. The second kappa shape index (κ2) is 5.28. The topological polar surface area (TPSA) is 131 Å². The molecule has 1 N–H and O–H groups in total. The van der Waals surface area contributed by atoms with Crippen LogP contribution >= 0.6 is 0 Å². The van der Waals surface area contributed by atoms with E-state index in [9.17, 15) is 23.3 Å². The molecule has 1 fully saturated rings. The molecule has 0 aromatic carbocycles. The molecule has 2 heterocycles. The average Bonchev–Trinajstić information content (AvgIpc) is 2.77. The molecule has 2 rings (SSSR count). The van der Waals surface area contributed by atoms with Crippen LogP contribution in [0.5, 0.6) is 0 Å². The first-order valence-corrected chi connectivity index (χ1v) is 7.84. The molecule has 0 amide bonds. The summed E-state index contributed by atoms with van der Waals surface area (Å²) >= 11 is 0. The summed E-state index contributed by atoms with van der Waals surface area (Å²) in [6, 6.07) is 0.534. The summed E-state index contributed by atoms with van der Waals surface area (Å²) in [5.74, 6) is -1.37. The molecule has 1 aromatic rings. The first-order valence-electron chi connectivity index (χ1n) is 6.02. The normalized spacial score (nSPS) is 20.1. The molecule has 1 aliphatic heterocycles. The number of nitrogens with zero attached hydrogens (tertiary/aromatic N) is 3. The van der Waals surface area contributed by atoms with E-state index in [2.05, 4.69) is 4.98 Å². The maximum absolute atomic E-state index is 11.5. The quantitative estimate of drug-likeness (QED) is 0.620. The zero-order valence-electron chi connectivity index (χ0n) is 11.1. The Morgan fingerprint density at radius 3 is 2.71 bits per heavy atom. The van der Waals surface area contributed by atoms with E-state index in [0.29, 0.717) is 6.42 Å². The van der Waals surface area contributed by atoms with Crippen molar-refractivity contribution in [2.45, 2.75) is 12.5 Å². The molecule has 0 aliphatic carbocycles. The van der Waals surface area contributed by atoms with E-state index < -0.39 is 26.4 Å². The van der Waals surface area contributed by atoms with Gasteiger partial charge in [-0.2, -0.15) is 0 Å². The van der Waals surface area contributed by atoms with Gasteiger partial charge in [-0.1, -0.05) is 0 Å². The van der Waals surface area contributed by atoms with Crippen molar-refractivity contribution in [1.29, 1.82) is 0 Å². The van der Waals surface area contributed by atoms with Gasteiger partial charge in [0.1, 0.15) is 17.6 Å². The van der Waals surface area contributed by atoms with Crippen molar-refractivity contribution in [2.24, 2.45) is 0 Å². The van der Waals surface area contributed by atoms with Crippen molar-refractivity contribution >= 4 is 27.3 Å². The van der Waals surface area contributed by atoms with Gasteiger partial charge in [0.05, 0.1) is 16.4 Å². The second-order valence-corrected chi connectivity index (χ2v) is 7.02. The van der Waals surface area contributed by atoms with Crippen LogP contribution in [0.2, 0.25) is 0 Å². The molecule has 1 atom stereocenters. The number of carboxylic acid groups (broad SMARTS) is 1. The molecule has 1 unspecified atom stereocenters. The monoisotopic (exact) mass is 315 g/mol. The van der Waals surface area contributed by atoms with E-state index in [1.165, 1.54) is 11.9 Å². The predicted octanol–water partition coefficient (Wildman–Crippen LogP) is 0.311. The molecular formula is C11H13N3O6S. The van der Waals surface area contributed by atoms with Crippen molar-refractivity contribution < 1.29 is 23.2 Å². The van der Waals surface area contributed by atoms with Crippen molar-refractivity contribution in [3.8, 4) is 0 Å². The molecule has 0 bridgehead atoms. The largest absolute Gasteiger partial charge is 0.478 e. The first kappa shape index (κ1) is 15.2. The highest BCUT2D eigenvalue weighted by Crippen LogP contribution is 2.26. The minimum Gasteiger partial charge on any atom is -0.478 e. The van der Waals surface area contributed by atoms with E-state index in [1.807, 2.05) is 0 Å². The lowest BCUT2D eigenvalue weighted by Crippen LogP contribution is -2.34. The van der Waals surface area contributed by atoms with E-state index in [-0.39, 0.29) is 28.9 Å². The van der Waals surface area contributed by atoms with Gasteiger partial charge in [0.25, 0.3) is 5.69 Å². The van der Waals surface area contributed by atoms with Gasteiger partial charge in [-0.25, -0.2) is 18.2 Å². The highest BCUT2D eigenvalue weighted by molar-refractivity contribution is 7.91. The van der Waals surface area contributed by atoms with Gasteiger partial charge in [-0.15, -0.1) is 0 Å². The van der Waals surface area contributed by atoms with Gasteiger partial charge in [0, 0.05) is 19.2 Å². The molecule has 114 valence electrons. The van der Waals surface area contributed by atoms with Crippen molar-refractivity contribution in [3.05, 3.63) is 27.9 Å². The third kappa shape index (κ3) is 3.10. The number of hydrogen-bond acceptors (Lipinski definition) is 7. The zero-order valence-corrected chi connectivity index (χ0v) is 11.9. The van der Waals surface area contributed by atoms with Crippen LogP contribution < -0.4 is 4.90 Å². The fourth-order valence-corrected chi connectivity index (χ4v) is 4.01. The number of pyridine rings is 1. The lowest BCUT2D eigenvalue weighted by atomic mass is 10.2. The maximum atomic E-state index is 11.5. The number of sulfone groups is 1. The summed E-state index contributed by atoms with van der Waals surface area (Å²) in [6.07, 6.45) is 1.33. The summed E-state index contributed by atoms with van der Waals surface area (Å²) < 4.78 is 23.0. The standard InChI is InChI=1S/C11H13N3O6S/c1-13(7-2-3-21(19,20)6-7)10-9(11(15)16)4-8(5-12-10)14(17)18/h4-5,7H,2-3,6H2,1H3,(H,15,16). The Balaban J connectivity index is 2.39. The highest BCUT2D eigenvalue weighted by atomic mass is 32.2. The number of nitro groups is 1. The molecular weight excluding hydrogens is 302 g/mol. The fraction of sp³-hybridized carbons (Fsp3) is 0.455. The van der Waals surface area contributed by atoms with Crippen LogP contribution in [0, 0.1) is 10.1 Å². The van der Waals surface area contributed by atoms with Crippen molar-refractivity contribution in [3.63, 3.8) is 0 Å². The van der Waals surface area contributed by atoms with Crippen molar-refractivity contribution in [2.75, 3.05) is 23.5 Å². The molecule has 0 saturated carbocycles. The van der Waals surface area contributed by atoms with E-state index in [1.54, 1.807) is 0 Å². The number of rotatable bonds is 4. The van der Waals surface area contributed by atoms with Crippen LogP contribution in [0.25, 0.3) is 0 Å². The minimum absolute atomic E-state index is 0.0233. The molecule has 21 heavy (non-hydrogen) atoms. The molecule has 1 aliphatic rings. The SMILES string of the molecule is CN(c1ncc([N+](=O)[O-])cc1C(=O)O)C1CCS(=O)(=O)C1. The van der Waals surface area contributed by atoms with E-state index in [4.69, 9.17) is 5.11 Å². The van der Waals surface area contributed by atoms with Crippen LogP contribution in [-0.2, 0) is 9.84 Å². The van der Waals surface area contributed by atoms with E-state index in [0.717, 1.165) is 12.3 Å². The predicted molar refractivity (Wildman–Crippen MR) is 73.3 cm³/mol. The summed E-state index contributed by atoms with van der Waals surface area (Å²) in [7, 11) is -1.59. The summed E-state index contributed by atoms with van der Waals surface area (Å²) in [5, 5.41) is 19.8. The average molecular weight is 315 g/mol. The third-order valence-corrected chi connectivity index (χ3v) is 5.13.